The maximum Gasteiger partial charge on any atom is 0.273 e. The third-order valence-electron chi connectivity index (χ3n) is 3.14. The lowest BCUT2D eigenvalue weighted by molar-refractivity contribution is -0.116. The van der Waals surface area contributed by atoms with Gasteiger partial charge >= 0.3 is 0 Å². The van der Waals surface area contributed by atoms with Crippen LogP contribution in [-0.2, 0) is 18.4 Å². The van der Waals surface area contributed by atoms with Crippen molar-refractivity contribution in [3.05, 3.63) is 27.4 Å². The topological polar surface area (TPSA) is 93.8 Å². The molecule has 0 atom stereocenters. The van der Waals surface area contributed by atoms with Crippen LogP contribution in [0.15, 0.2) is 12.4 Å². The molecule has 0 aliphatic carbocycles. The van der Waals surface area contributed by atoms with Gasteiger partial charge in [0.2, 0.25) is 5.91 Å². The lowest BCUT2D eigenvalue weighted by Gasteiger charge is -2.06. The van der Waals surface area contributed by atoms with Crippen molar-refractivity contribution in [2.45, 2.75) is 19.9 Å². The van der Waals surface area contributed by atoms with E-state index in [-0.39, 0.29) is 23.9 Å². The van der Waals surface area contributed by atoms with Crippen LogP contribution in [0.5, 0.6) is 0 Å². The third-order valence-corrected chi connectivity index (χ3v) is 4.20. The van der Waals surface area contributed by atoms with Crippen molar-refractivity contribution in [2.75, 3.05) is 12.4 Å². The Balaban J connectivity index is 2.00. The van der Waals surface area contributed by atoms with Gasteiger partial charge in [0.05, 0.1) is 22.0 Å². The van der Waals surface area contributed by atoms with Gasteiger partial charge in [-0.3, -0.25) is 19.0 Å². The van der Waals surface area contributed by atoms with Crippen LogP contribution in [0.25, 0.3) is 0 Å². The molecule has 0 aliphatic rings. The van der Waals surface area contributed by atoms with Crippen LogP contribution in [0.4, 0.5) is 5.69 Å². The van der Waals surface area contributed by atoms with Gasteiger partial charge in [-0.25, -0.2) is 0 Å². The Labute approximate surface area is 141 Å². The Morgan fingerprint density at radius 3 is 2.73 bits per heavy atom. The highest BCUT2D eigenvalue weighted by atomic mass is 127. The predicted molar refractivity (Wildman–Crippen MR) is 89.5 cm³/mol. The van der Waals surface area contributed by atoms with Crippen molar-refractivity contribution >= 4 is 40.1 Å². The van der Waals surface area contributed by atoms with E-state index in [4.69, 9.17) is 0 Å². The highest BCUT2D eigenvalue weighted by Crippen LogP contribution is 2.14. The third kappa shape index (κ3) is 3.64. The zero-order chi connectivity index (χ0) is 16.3. The summed E-state index contributed by atoms with van der Waals surface area (Å²) in [6.45, 7) is 2.44. The van der Waals surface area contributed by atoms with Crippen LogP contribution in [-0.4, -0.2) is 38.4 Å². The molecule has 2 N–H and O–H groups in total. The van der Waals surface area contributed by atoms with Crippen LogP contribution < -0.4 is 10.6 Å². The van der Waals surface area contributed by atoms with Gasteiger partial charge in [0.15, 0.2) is 5.69 Å². The average Bonchev–Trinajstić information content (AvgIpc) is 3.00. The number of nitrogens with zero attached hydrogens (tertiary/aromatic N) is 4. The molecule has 0 unspecified atom stereocenters. The largest absolute Gasteiger partial charge is 0.354 e. The molecule has 0 fully saturated rings. The summed E-state index contributed by atoms with van der Waals surface area (Å²) in [5.41, 5.74) is 1.63. The Bertz CT molecular complexity index is 705. The number of aryl methyl sites for hydroxylation is 2. The molecule has 2 aromatic heterocycles. The van der Waals surface area contributed by atoms with E-state index in [0.29, 0.717) is 12.2 Å². The number of hydrogen-bond acceptors (Lipinski definition) is 4. The van der Waals surface area contributed by atoms with Gasteiger partial charge in [0.1, 0.15) is 0 Å². The fourth-order valence-electron chi connectivity index (χ4n) is 1.94. The van der Waals surface area contributed by atoms with Crippen LogP contribution in [0.3, 0.4) is 0 Å². The fourth-order valence-corrected chi connectivity index (χ4v) is 2.34. The van der Waals surface area contributed by atoms with Gasteiger partial charge < -0.3 is 10.6 Å². The van der Waals surface area contributed by atoms with Crippen molar-refractivity contribution in [1.82, 2.24) is 24.9 Å². The predicted octanol–water partition coefficient (Wildman–Crippen LogP) is 0.918. The quantitative estimate of drug-likeness (QED) is 0.709. The summed E-state index contributed by atoms with van der Waals surface area (Å²) in [5, 5.41) is 13.5. The number of carbonyl (C=O) groups excluding carboxylic acids is 2. The molecular formula is C13H17IN6O2. The van der Waals surface area contributed by atoms with Gasteiger partial charge in [-0.05, 0) is 29.5 Å². The van der Waals surface area contributed by atoms with Crippen LogP contribution in [0.2, 0.25) is 0 Å². The number of carbonyl (C=O) groups is 2. The maximum absolute atomic E-state index is 12.1. The lowest BCUT2D eigenvalue weighted by Crippen LogP contribution is -2.22. The number of halogens is 1. The van der Waals surface area contributed by atoms with Gasteiger partial charge in [-0.15, -0.1) is 0 Å². The molecule has 118 valence electrons. The minimum absolute atomic E-state index is 0.192. The summed E-state index contributed by atoms with van der Waals surface area (Å²) < 4.78 is 4.33. The van der Waals surface area contributed by atoms with Crippen molar-refractivity contribution in [3.8, 4) is 0 Å². The molecule has 2 rings (SSSR count). The fraction of sp³-hybridized carbons (Fsp3) is 0.385. The van der Waals surface area contributed by atoms with Crippen molar-refractivity contribution in [3.63, 3.8) is 0 Å². The highest BCUT2D eigenvalue weighted by molar-refractivity contribution is 14.1. The van der Waals surface area contributed by atoms with E-state index < -0.39 is 0 Å². The first-order valence-electron chi connectivity index (χ1n) is 6.66. The second kappa shape index (κ2) is 6.90. The summed E-state index contributed by atoms with van der Waals surface area (Å²) in [6.07, 6.45) is 3.63. The van der Waals surface area contributed by atoms with E-state index in [1.807, 2.05) is 6.92 Å². The molecule has 2 amide bonds. The number of rotatable bonds is 5. The number of hydrogen-bond donors (Lipinski definition) is 2. The second-order valence-electron chi connectivity index (χ2n) is 4.74. The Hall–Kier alpha value is -1.91. The average molecular weight is 416 g/mol. The van der Waals surface area contributed by atoms with E-state index in [9.17, 15) is 9.59 Å². The molecule has 0 saturated carbocycles. The van der Waals surface area contributed by atoms with E-state index in [0.717, 1.165) is 9.26 Å². The Morgan fingerprint density at radius 2 is 2.14 bits per heavy atom. The van der Waals surface area contributed by atoms with Crippen LogP contribution in [0, 0.1) is 10.5 Å². The molecule has 22 heavy (non-hydrogen) atoms. The molecule has 0 aliphatic heterocycles. The molecule has 0 aromatic carbocycles. The first-order chi connectivity index (χ1) is 10.4. The monoisotopic (exact) mass is 416 g/mol. The molecule has 0 bridgehead atoms. The summed E-state index contributed by atoms with van der Waals surface area (Å²) in [7, 11) is 3.21. The molecule has 0 saturated heterocycles. The standard InChI is InChI=1S/C13H17IN6O2/c1-8-9(14)6-16-20(8)5-4-11(21)17-10-7-19(3)18-12(10)13(22)15-2/h6-7H,4-5H2,1-3H3,(H,15,22)(H,17,21). The van der Waals surface area contributed by atoms with Gasteiger partial charge in [-0.1, -0.05) is 0 Å². The highest BCUT2D eigenvalue weighted by Gasteiger charge is 2.17. The summed E-state index contributed by atoms with van der Waals surface area (Å²) in [6, 6.07) is 0. The molecule has 9 heteroatoms. The zero-order valence-corrected chi connectivity index (χ0v) is 14.7. The summed E-state index contributed by atoms with van der Waals surface area (Å²) in [4.78, 5) is 23.8. The first kappa shape index (κ1) is 16.5. The number of amides is 2. The minimum atomic E-state index is -0.339. The number of anilines is 1. The van der Waals surface area contributed by atoms with Crippen LogP contribution >= 0.6 is 22.6 Å². The lowest BCUT2D eigenvalue weighted by atomic mass is 10.3. The van der Waals surface area contributed by atoms with E-state index in [1.54, 1.807) is 24.1 Å². The smallest absolute Gasteiger partial charge is 0.273 e. The summed E-state index contributed by atoms with van der Waals surface area (Å²) >= 11 is 2.20. The molecule has 2 aromatic rings. The zero-order valence-electron chi connectivity index (χ0n) is 12.6. The molecule has 0 spiro atoms. The van der Waals surface area contributed by atoms with Gasteiger partial charge in [0.25, 0.3) is 5.91 Å². The van der Waals surface area contributed by atoms with E-state index in [2.05, 4.69) is 43.4 Å². The number of nitrogens with one attached hydrogen (secondary N) is 2. The molecule has 8 nitrogen and oxygen atoms in total. The SMILES string of the molecule is CNC(=O)c1nn(C)cc1NC(=O)CCn1ncc(I)c1C. The minimum Gasteiger partial charge on any atom is -0.354 e. The van der Waals surface area contributed by atoms with Gasteiger partial charge in [0, 0.05) is 32.4 Å². The van der Waals surface area contributed by atoms with Gasteiger partial charge in [-0.2, -0.15) is 10.2 Å². The van der Waals surface area contributed by atoms with Crippen LogP contribution in [0.1, 0.15) is 22.6 Å². The van der Waals surface area contributed by atoms with E-state index >= 15 is 0 Å². The first-order valence-corrected chi connectivity index (χ1v) is 7.73. The van der Waals surface area contributed by atoms with Crippen molar-refractivity contribution < 1.29 is 9.59 Å². The normalized spacial score (nSPS) is 10.5. The Morgan fingerprint density at radius 1 is 1.41 bits per heavy atom. The van der Waals surface area contributed by atoms with Crippen molar-refractivity contribution in [1.29, 1.82) is 0 Å². The van der Waals surface area contributed by atoms with Crippen molar-refractivity contribution in [2.24, 2.45) is 7.05 Å². The Kier molecular flexibility index (Phi) is 5.16. The molecule has 0 radical (unpaired) electrons. The number of aromatic nitrogens is 4. The second-order valence-corrected chi connectivity index (χ2v) is 5.91. The van der Waals surface area contributed by atoms with E-state index in [1.165, 1.54) is 11.7 Å². The molecule has 2 heterocycles. The summed E-state index contributed by atoms with van der Waals surface area (Å²) in [5.74, 6) is -0.531. The maximum atomic E-state index is 12.1. The molecular weight excluding hydrogens is 399 g/mol.